The van der Waals surface area contributed by atoms with Gasteiger partial charge in [0.2, 0.25) is 5.76 Å². The number of nitro groups is 1. The average Bonchev–Trinajstić information content (AvgIpc) is 3.12. The molecule has 0 saturated carbocycles. The highest BCUT2D eigenvalue weighted by molar-refractivity contribution is 6.10. The average molecular weight is 442 g/mol. The van der Waals surface area contributed by atoms with Crippen molar-refractivity contribution in [3.05, 3.63) is 110 Å². The first kappa shape index (κ1) is 20.4. The van der Waals surface area contributed by atoms with E-state index in [0.29, 0.717) is 28.0 Å². The number of nitro benzene ring substituents is 1. The zero-order valence-electron chi connectivity index (χ0n) is 17.8. The lowest BCUT2D eigenvalue weighted by Crippen LogP contribution is -2.29. The van der Waals surface area contributed by atoms with Gasteiger partial charge in [-0.05, 0) is 48.9 Å². The number of fused-ring (bicyclic) bond motifs is 2. The van der Waals surface area contributed by atoms with Crippen molar-refractivity contribution < 1.29 is 18.9 Å². The normalized spacial score (nSPS) is 15.0. The molecule has 3 aromatic carbocycles. The van der Waals surface area contributed by atoms with Crippen LogP contribution in [0.3, 0.4) is 0 Å². The number of methoxy groups -OCH3 is 1. The molecular weight excluding hydrogens is 424 g/mol. The maximum atomic E-state index is 13.6. The molecule has 0 spiro atoms. The van der Waals surface area contributed by atoms with Crippen LogP contribution in [0, 0.1) is 17.0 Å². The minimum Gasteiger partial charge on any atom is -0.497 e. The number of amides is 1. The van der Waals surface area contributed by atoms with Gasteiger partial charge >= 0.3 is 0 Å². The van der Waals surface area contributed by atoms with Gasteiger partial charge in [0.1, 0.15) is 11.3 Å². The fourth-order valence-corrected chi connectivity index (χ4v) is 4.22. The molecule has 0 aliphatic carbocycles. The highest BCUT2D eigenvalue weighted by atomic mass is 16.6. The van der Waals surface area contributed by atoms with E-state index in [1.165, 1.54) is 30.2 Å². The number of carbonyl (C=O) groups is 1. The number of hydrogen-bond acceptors (Lipinski definition) is 6. The molecule has 1 aliphatic rings. The quantitative estimate of drug-likeness (QED) is 0.333. The summed E-state index contributed by atoms with van der Waals surface area (Å²) in [4.78, 5) is 39.5. The summed E-state index contributed by atoms with van der Waals surface area (Å²) >= 11 is 0. The van der Waals surface area contributed by atoms with E-state index in [2.05, 4.69) is 0 Å². The van der Waals surface area contributed by atoms with Crippen LogP contribution in [-0.4, -0.2) is 17.9 Å². The summed E-state index contributed by atoms with van der Waals surface area (Å²) in [5, 5.41) is 11.8. The molecule has 0 N–H and O–H groups in total. The minimum absolute atomic E-state index is 0.0660. The van der Waals surface area contributed by atoms with Gasteiger partial charge in [-0.15, -0.1) is 0 Å². The Hall–Kier alpha value is -4.46. The van der Waals surface area contributed by atoms with E-state index in [9.17, 15) is 19.7 Å². The van der Waals surface area contributed by atoms with Crippen molar-refractivity contribution in [3.63, 3.8) is 0 Å². The highest BCUT2D eigenvalue weighted by Gasteiger charge is 2.44. The molecule has 1 amide bonds. The molecule has 164 valence electrons. The van der Waals surface area contributed by atoms with Crippen molar-refractivity contribution in [1.29, 1.82) is 0 Å². The van der Waals surface area contributed by atoms with Crippen molar-refractivity contribution >= 4 is 28.3 Å². The lowest BCUT2D eigenvalue weighted by atomic mass is 9.97. The molecule has 8 heteroatoms. The summed E-state index contributed by atoms with van der Waals surface area (Å²) in [7, 11) is 1.54. The smallest absolute Gasteiger partial charge is 0.295 e. The van der Waals surface area contributed by atoms with Gasteiger partial charge in [0.05, 0.1) is 29.0 Å². The molecule has 33 heavy (non-hydrogen) atoms. The molecule has 2 heterocycles. The Kier molecular flexibility index (Phi) is 4.70. The summed E-state index contributed by atoms with van der Waals surface area (Å²) < 4.78 is 11.1. The third-order valence-electron chi connectivity index (χ3n) is 5.77. The molecule has 4 aromatic rings. The van der Waals surface area contributed by atoms with Gasteiger partial charge in [-0.3, -0.25) is 24.6 Å². The number of non-ortho nitro benzene ring substituents is 1. The zero-order chi connectivity index (χ0) is 23.3. The first-order valence-electron chi connectivity index (χ1n) is 10.2. The molecule has 1 aliphatic heterocycles. The third kappa shape index (κ3) is 3.23. The number of nitrogens with zero attached hydrogens (tertiary/aromatic N) is 2. The predicted octanol–water partition coefficient (Wildman–Crippen LogP) is 4.77. The van der Waals surface area contributed by atoms with Crippen LogP contribution in [-0.2, 0) is 0 Å². The Balaban J connectivity index is 1.80. The Morgan fingerprint density at radius 2 is 1.79 bits per heavy atom. The van der Waals surface area contributed by atoms with E-state index in [4.69, 9.17) is 9.15 Å². The zero-order valence-corrected chi connectivity index (χ0v) is 17.8. The topological polar surface area (TPSA) is 103 Å². The van der Waals surface area contributed by atoms with E-state index >= 15 is 0 Å². The van der Waals surface area contributed by atoms with Gasteiger partial charge in [0.15, 0.2) is 5.43 Å². The van der Waals surface area contributed by atoms with E-state index in [1.54, 1.807) is 48.5 Å². The second-order valence-electron chi connectivity index (χ2n) is 7.80. The SMILES string of the molecule is COc1ccc(N2C(=O)c3oc4ccc(C)cc4c(=O)c3C2c2cccc([N+](=O)[O-])c2)cc1. The second kappa shape index (κ2) is 7.59. The van der Waals surface area contributed by atoms with Gasteiger partial charge in [0.25, 0.3) is 11.6 Å². The Bertz CT molecular complexity index is 1490. The molecule has 1 atom stereocenters. The van der Waals surface area contributed by atoms with E-state index in [0.717, 1.165) is 5.56 Å². The van der Waals surface area contributed by atoms with Crippen molar-refractivity contribution in [2.45, 2.75) is 13.0 Å². The molecular formula is C25H18N2O6. The van der Waals surface area contributed by atoms with Gasteiger partial charge in [-0.2, -0.15) is 0 Å². The molecule has 5 rings (SSSR count). The van der Waals surface area contributed by atoms with Crippen LogP contribution in [0.25, 0.3) is 11.0 Å². The van der Waals surface area contributed by atoms with Crippen LogP contribution in [0.15, 0.2) is 75.9 Å². The van der Waals surface area contributed by atoms with Crippen LogP contribution in [0.4, 0.5) is 11.4 Å². The van der Waals surface area contributed by atoms with Gasteiger partial charge in [0, 0.05) is 17.8 Å². The molecule has 1 aromatic heterocycles. The van der Waals surface area contributed by atoms with Crippen molar-refractivity contribution in [3.8, 4) is 5.75 Å². The molecule has 0 bridgehead atoms. The Morgan fingerprint density at radius 1 is 1.03 bits per heavy atom. The standard InChI is InChI=1S/C25H18N2O6/c1-14-6-11-20-19(12-14)23(28)21-22(15-4-3-5-17(13-15)27(30)31)26(25(29)24(21)33-20)16-7-9-18(32-2)10-8-16/h3-13,22H,1-2H3. The monoisotopic (exact) mass is 442 g/mol. The third-order valence-corrected chi connectivity index (χ3v) is 5.77. The van der Waals surface area contributed by atoms with Crippen LogP contribution in [0.5, 0.6) is 5.75 Å². The molecule has 0 radical (unpaired) electrons. The lowest BCUT2D eigenvalue weighted by Gasteiger charge is -2.25. The van der Waals surface area contributed by atoms with Gasteiger partial charge in [-0.1, -0.05) is 23.8 Å². The number of hydrogen-bond donors (Lipinski definition) is 0. The van der Waals surface area contributed by atoms with E-state index in [-0.39, 0.29) is 22.4 Å². The molecule has 8 nitrogen and oxygen atoms in total. The summed E-state index contributed by atoms with van der Waals surface area (Å²) in [5.41, 5.74) is 1.81. The maximum absolute atomic E-state index is 13.6. The number of ether oxygens (including phenoxy) is 1. The highest BCUT2D eigenvalue weighted by Crippen LogP contribution is 2.42. The first-order valence-corrected chi connectivity index (χ1v) is 10.2. The van der Waals surface area contributed by atoms with Crippen LogP contribution < -0.4 is 15.1 Å². The Morgan fingerprint density at radius 3 is 2.48 bits per heavy atom. The number of rotatable bonds is 4. The summed E-state index contributed by atoms with van der Waals surface area (Å²) in [6.45, 7) is 1.86. The fraction of sp³-hybridized carbons (Fsp3) is 0.120. The van der Waals surface area contributed by atoms with E-state index in [1.807, 2.05) is 6.92 Å². The number of benzene rings is 3. The number of aryl methyl sites for hydroxylation is 1. The van der Waals surface area contributed by atoms with Crippen molar-refractivity contribution in [2.24, 2.45) is 0 Å². The first-order chi connectivity index (χ1) is 15.9. The van der Waals surface area contributed by atoms with Crippen molar-refractivity contribution in [2.75, 3.05) is 12.0 Å². The second-order valence-corrected chi connectivity index (χ2v) is 7.80. The maximum Gasteiger partial charge on any atom is 0.295 e. The lowest BCUT2D eigenvalue weighted by molar-refractivity contribution is -0.384. The van der Waals surface area contributed by atoms with Gasteiger partial charge in [-0.25, -0.2) is 0 Å². The van der Waals surface area contributed by atoms with Crippen molar-refractivity contribution in [1.82, 2.24) is 0 Å². The largest absolute Gasteiger partial charge is 0.497 e. The molecule has 0 saturated heterocycles. The minimum atomic E-state index is -0.887. The summed E-state index contributed by atoms with van der Waals surface area (Å²) in [5.74, 6) is 0.0418. The molecule has 1 unspecified atom stereocenters. The number of anilines is 1. The summed E-state index contributed by atoms with van der Waals surface area (Å²) in [6, 6.07) is 17.0. The Labute approximate surface area is 187 Å². The van der Waals surface area contributed by atoms with Crippen LogP contribution in [0.1, 0.15) is 33.3 Å². The van der Waals surface area contributed by atoms with Gasteiger partial charge < -0.3 is 9.15 Å². The molecule has 0 fully saturated rings. The van der Waals surface area contributed by atoms with Crippen LogP contribution >= 0.6 is 0 Å². The van der Waals surface area contributed by atoms with E-state index < -0.39 is 16.9 Å². The fourth-order valence-electron chi connectivity index (χ4n) is 4.22. The summed E-state index contributed by atoms with van der Waals surface area (Å²) in [6.07, 6.45) is 0. The number of carbonyl (C=O) groups excluding carboxylic acids is 1. The van der Waals surface area contributed by atoms with Crippen LogP contribution in [0.2, 0.25) is 0 Å². The predicted molar refractivity (Wildman–Crippen MR) is 122 cm³/mol.